The second-order valence-corrected chi connectivity index (χ2v) is 6.86. The predicted molar refractivity (Wildman–Crippen MR) is 112 cm³/mol. The third-order valence-electron chi connectivity index (χ3n) is 4.37. The molecule has 1 aliphatic heterocycles. The Labute approximate surface area is 174 Å². The number of methoxy groups -OCH3 is 1. The van der Waals surface area contributed by atoms with Gasteiger partial charge in [0.2, 0.25) is 0 Å². The topological polar surface area (TPSA) is 85.9 Å². The molecule has 0 aromatic heterocycles. The average Bonchev–Trinajstić information content (AvgIpc) is 3.26. The molecule has 0 aliphatic carbocycles. The summed E-state index contributed by atoms with van der Waals surface area (Å²) in [6.45, 7) is 1.34. The highest BCUT2D eigenvalue weighted by Gasteiger charge is 2.16. The Bertz CT molecular complexity index is 862. The van der Waals surface area contributed by atoms with E-state index in [1.807, 2.05) is 24.3 Å². The number of rotatable bonds is 6. The van der Waals surface area contributed by atoms with Crippen LogP contribution >= 0.6 is 12.2 Å². The zero-order valence-electron chi connectivity index (χ0n) is 16.0. The van der Waals surface area contributed by atoms with Crippen molar-refractivity contribution in [1.82, 2.24) is 5.32 Å². The minimum absolute atomic E-state index is 0.164. The van der Waals surface area contributed by atoms with E-state index in [0.717, 1.165) is 30.9 Å². The molecule has 1 aliphatic rings. The van der Waals surface area contributed by atoms with E-state index in [4.69, 9.17) is 21.7 Å². The molecule has 3 rings (SSSR count). The van der Waals surface area contributed by atoms with Gasteiger partial charge in [0.15, 0.2) is 5.11 Å². The van der Waals surface area contributed by atoms with Gasteiger partial charge in [-0.3, -0.25) is 10.1 Å². The van der Waals surface area contributed by atoms with E-state index in [1.165, 1.54) is 31.4 Å². The number of ether oxygens (including phenoxy) is 3. The van der Waals surface area contributed by atoms with Crippen LogP contribution in [-0.2, 0) is 9.47 Å². The second-order valence-electron chi connectivity index (χ2n) is 6.45. The van der Waals surface area contributed by atoms with Crippen LogP contribution in [0.1, 0.15) is 33.6 Å². The Morgan fingerprint density at radius 3 is 2.41 bits per heavy atom. The van der Waals surface area contributed by atoms with Crippen LogP contribution < -0.4 is 15.4 Å². The van der Waals surface area contributed by atoms with E-state index in [0.29, 0.717) is 17.7 Å². The van der Waals surface area contributed by atoms with Crippen molar-refractivity contribution in [2.75, 3.05) is 25.6 Å². The molecule has 1 unspecified atom stereocenters. The maximum Gasteiger partial charge on any atom is 0.337 e. The van der Waals surface area contributed by atoms with Gasteiger partial charge in [-0.25, -0.2) is 4.79 Å². The fraction of sp³-hybridized carbons (Fsp3) is 0.286. The molecule has 1 amide bonds. The fourth-order valence-corrected chi connectivity index (χ4v) is 3.02. The largest absolute Gasteiger partial charge is 0.491 e. The van der Waals surface area contributed by atoms with Crippen LogP contribution in [0.3, 0.4) is 0 Å². The van der Waals surface area contributed by atoms with Gasteiger partial charge in [0.25, 0.3) is 5.91 Å². The van der Waals surface area contributed by atoms with E-state index in [2.05, 4.69) is 15.4 Å². The van der Waals surface area contributed by atoms with Gasteiger partial charge in [0, 0.05) is 17.9 Å². The summed E-state index contributed by atoms with van der Waals surface area (Å²) in [4.78, 5) is 23.7. The first-order valence-corrected chi connectivity index (χ1v) is 9.61. The van der Waals surface area contributed by atoms with Gasteiger partial charge in [-0.1, -0.05) is 0 Å². The van der Waals surface area contributed by atoms with Crippen LogP contribution in [0, 0.1) is 0 Å². The molecular weight excluding hydrogens is 392 g/mol. The summed E-state index contributed by atoms with van der Waals surface area (Å²) in [6, 6.07) is 13.4. The summed E-state index contributed by atoms with van der Waals surface area (Å²) in [7, 11) is 1.30. The van der Waals surface area contributed by atoms with Crippen molar-refractivity contribution in [3.63, 3.8) is 0 Å². The normalized spacial score (nSPS) is 15.4. The molecule has 0 spiro atoms. The molecule has 152 valence electrons. The summed E-state index contributed by atoms with van der Waals surface area (Å²) in [6.07, 6.45) is 2.27. The molecule has 2 N–H and O–H groups in total. The van der Waals surface area contributed by atoms with Gasteiger partial charge < -0.3 is 19.5 Å². The third-order valence-corrected chi connectivity index (χ3v) is 4.57. The highest BCUT2D eigenvalue weighted by atomic mass is 32.1. The number of carbonyl (C=O) groups is 2. The van der Waals surface area contributed by atoms with Crippen molar-refractivity contribution >= 4 is 34.9 Å². The molecule has 2 aromatic rings. The number of esters is 1. The van der Waals surface area contributed by atoms with Crippen LogP contribution in [0.15, 0.2) is 48.5 Å². The van der Waals surface area contributed by atoms with Crippen LogP contribution in [0.2, 0.25) is 0 Å². The van der Waals surface area contributed by atoms with Crippen LogP contribution in [-0.4, -0.2) is 43.4 Å². The van der Waals surface area contributed by atoms with Gasteiger partial charge in [0.05, 0.1) is 18.8 Å². The molecule has 8 heteroatoms. The molecule has 0 bridgehead atoms. The molecule has 1 saturated heterocycles. The number of carbonyl (C=O) groups excluding carboxylic acids is 2. The van der Waals surface area contributed by atoms with Crippen LogP contribution in [0.5, 0.6) is 5.75 Å². The highest BCUT2D eigenvalue weighted by Crippen LogP contribution is 2.18. The van der Waals surface area contributed by atoms with Crippen molar-refractivity contribution in [2.24, 2.45) is 0 Å². The van der Waals surface area contributed by atoms with E-state index >= 15 is 0 Å². The van der Waals surface area contributed by atoms with Gasteiger partial charge in [-0.2, -0.15) is 0 Å². The van der Waals surface area contributed by atoms with E-state index in [1.54, 1.807) is 0 Å². The van der Waals surface area contributed by atoms with E-state index in [9.17, 15) is 9.59 Å². The van der Waals surface area contributed by atoms with Crippen molar-refractivity contribution in [3.8, 4) is 5.75 Å². The van der Waals surface area contributed by atoms with Gasteiger partial charge >= 0.3 is 5.97 Å². The molecule has 0 saturated carbocycles. The lowest BCUT2D eigenvalue weighted by Crippen LogP contribution is -2.34. The number of nitrogens with one attached hydrogen (secondary N) is 2. The molecular formula is C21H22N2O5S. The van der Waals surface area contributed by atoms with E-state index < -0.39 is 5.97 Å². The lowest BCUT2D eigenvalue weighted by Gasteiger charge is -2.13. The zero-order chi connectivity index (χ0) is 20.6. The Morgan fingerprint density at radius 2 is 1.79 bits per heavy atom. The molecule has 1 heterocycles. The average molecular weight is 414 g/mol. The Hall–Kier alpha value is -2.97. The number of thiocarbonyl (C=S) groups is 1. The highest BCUT2D eigenvalue weighted by molar-refractivity contribution is 7.80. The zero-order valence-corrected chi connectivity index (χ0v) is 16.8. The molecule has 7 nitrogen and oxygen atoms in total. The number of benzene rings is 2. The predicted octanol–water partition coefficient (Wildman–Crippen LogP) is 3.16. The first-order valence-electron chi connectivity index (χ1n) is 9.20. The number of hydrogen-bond donors (Lipinski definition) is 2. The number of hydrogen-bond acceptors (Lipinski definition) is 6. The summed E-state index contributed by atoms with van der Waals surface area (Å²) in [5, 5.41) is 5.72. The number of anilines is 1. The molecule has 0 radical (unpaired) electrons. The molecule has 1 fully saturated rings. The molecule has 1 atom stereocenters. The van der Waals surface area contributed by atoms with Crippen molar-refractivity contribution < 1.29 is 23.8 Å². The smallest absolute Gasteiger partial charge is 0.337 e. The Kier molecular flexibility index (Phi) is 7.15. The summed E-state index contributed by atoms with van der Waals surface area (Å²) >= 11 is 5.19. The third kappa shape index (κ3) is 6.00. The standard InChI is InChI=1S/C21H22N2O5S/c1-26-20(25)15-6-4-14(5-7-15)19(24)23-21(29)22-16-8-10-17(11-9-16)28-13-18-3-2-12-27-18/h4-11,18H,2-3,12-13H2,1H3,(H2,22,23,24,29). The lowest BCUT2D eigenvalue weighted by molar-refractivity contribution is 0.0600. The summed E-state index contributed by atoms with van der Waals surface area (Å²) in [5.74, 6) is -0.0977. The fourth-order valence-electron chi connectivity index (χ4n) is 2.81. The van der Waals surface area contributed by atoms with Crippen molar-refractivity contribution in [3.05, 3.63) is 59.7 Å². The first kappa shape index (κ1) is 20.8. The van der Waals surface area contributed by atoms with Gasteiger partial charge in [0.1, 0.15) is 12.4 Å². The lowest BCUT2D eigenvalue weighted by atomic mass is 10.1. The monoisotopic (exact) mass is 414 g/mol. The molecule has 29 heavy (non-hydrogen) atoms. The maximum atomic E-state index is 12.3. The van der Waals surface area contributed by atoms with Crippen molar-refractivity contribution in [2.45, 2.75) is 18.9 Å². The quantitative estimate of drug-likeness (QED) is 0.555. The summed E-state index contributed by atoms with van der Waals surface area (Å²) in [5.41, 5.74) is 1.46. The van der Waals surface area contributed by atoms with Gasteiger partial charge in [-0.05, 0) is 73.6 Å². The van der Waals surface area contributed by atoms with Gasteiger partial charge in [-0.15, -0.1) is 0 Å². The second kappa shape index (κ2) is 9.99. The number of amides is 1. The van der Waals surface area contributed by atoms with Crippen molar-refractivity contribution in [1.29, 1.82) is 0 Å². The Morgan fingerprint density at radius 1 is 1.10 bits per heavy atom. The minimum Gasteiger partial charge on any atom is -0.491 e. The molecule has 2 aromatic carbocycles. The van der Waals surface area contributed by atoms with E-state index in [-0.39, 0.29) is 17.1 Å². The first-order chi connectivity index (χ1) is 14.0. The maximum absolute atomic E-state index is 12.3. The van der Waals surface area contributed by atoms with Crippen LogP contribution in [0.4, 0.5) is 5.69 Å². The minimum atomic E-state index is -0.461. The summed E-state index contributed by atoms with van der Waals surface area (Å²) < 4.78 is 15.9. The Balaban J connectivity index is 1.48. The SMILES string of the molecule is COC(=O)c1ccc(C(=O)NC(=S)Nc2ccc(OCC3CCCO3)cc2)cc1. The van der Waals surface area contributed by atoms with Crippen LogP contribution in [0.25, 0.3) is 0 Å².